The Kier molecular flexibility index (Phi) is 5.76. The molecule has 0 radical (unpaired) electrons. The van der Waals surface area contributed by atoms with E-state index < -0.39 is 29.5 Å². The largest absolute Gasteiger partial charge is 0.465 e. The highest BCUT2D eigenvalue weighted by Crippen LogP contribution is 2.12. The first kappa shape index (κ1) is 15.7. The summed E-state index contributed by atoms with van der Waals surface area (Å²) in [5.41, 5.74) is -0.211. The first-order valence-corrected chi connectivity index (χ1v) is 6.00. The fraction of sp³-hybridized carbons (Fsp3) is 0.385. The molecule has 0 bridgehead atoms. The third kappa shape index (κ3) is 3.84. The molecule has 1 rings (SSSR count). The number of carbonyl (C=O) groups is 3. The molecule has 0 spiro atoms. The first-order valence-electron chi connectivity index (χ1n) is 6.00. The van der Waals surface area contributed by atoms with E-state index in [1.165, 1.54) is 0 Å². The highest BCUT2D eigenvalue weighted by atomic mass is 19.1. The summed E-state index contributed by atoms with van der Waals surface area (Å²) < 4.78 is 22.1. The Morgan fingerprint density at radius 3 is 2.10 bits per heavy atom. The van der Waals surface area contributed by atoms with Gasteiger partial charge in [0.2, 0.25) is 11.7 Å². The summed E-state index contributed by atoms with van der Waals surface area (Å²) in [4.78, 5) is 39.0. The van der Waals surface area contributed by atoms with E-state index in [1.54, 1.807) is 13.8 Å². The topological polar surface area (TPSA) is 82.6 Å². The van der Waals surface area contributed by atoms with Crippen LogP contribution in [0.1, 0.15) is 24.3 Å². The average Bonchev–Trinajstić information content (AvgIpc) is 2.40. The van der Waals surface area contributed by atoms with E-state index in [2.05, 4.69) is 14.5 Å². The second-order valence-corrected chi connectivity index (χ2v) is 3.66. The number of Topliss-reactive ketones (excluding diaryl/α,β-unsaturated/α-hetero) is 1. The molecule has 20 heavy (non-hydrogen) atoms. The molecule has 0 aliphatic rings. The van der Waals surface area contributed by atoms with Gasteiger partial charge in [0.1, 0.15) is 11.5 Å². The Labute approximate surface area is 114 Å². The highest BCUT2D eigenvalue weighted by molar-refractivity contribution is 6.20. The van der Waals surface area contributed by atoms with Crippen molar-refractivity contribution in [3.63, 3.8) is 0 Å². The molecular formula is C13H14FNO5. The number of nitrogens with zero attached hydrogens (tertiary/aromatic N) is 1. The van der Waals surface area contributed by atoms with Gasteiger partial charge in [-0.15, -0.1) is 0 Å². The van der Waals surface area contributed by atoms with Crippen LogP contribution >= 0.6 is 0 Å². The number of hydrogen-bond donors (Lipinski definition) is 0. The Balaban J connectivity index is 3.03. The standard InChI is InChI=1S/C13H14FNO5/c1-3-19-12(17)10(13(18)20-4-2)11(16)9-6-5-8(14)7-15-9/h5-7,10H,3-4H2,1-2H3. The van der Waals surface area contributed by atoms with E-state index in [-0.39, 0.29) is 18.9 Å². The van der Waals surface area contributed by atoms with Crippen LogP contribution in [-0.4, -0.2) is 35.9 Å². The molecule has 0 unspecified atom stereocenters. The molecule has 1 heterocycles. The van der Waals surface area contributed by atoms with Crippen molar-refractivity contribution in [3.8, 4) is 0 Å². The first-order chi connectivity index (χ1) is 9.51. The predicted molar refractivity (Wildman–Crippen MR) is 65.3 cm³/mol. The summed E-state index contributed by atoms with van der Waals surface area (Å²) in [6.07, 6.45) is 0.820. The van der Waals surface area contributed by atoms with E-state index in [0.29, 0.717) is 0 Å². The van der Waals surface area contributed by atoms with Gasteiger partial charge in [-0.2, -0.15) is 0 Å². The van der Waals surface area contributed by atoms with E-state index in [0.717, 1.165) is 18.3 Å². The highest BCUT2D eigenvalue weighted by Gasteiger charge is 2.38. The van der Waals surface area contributed by atoms with Crippen LogP contribution in [-0.2, 0) is 19.1 Å². The van der Waals surface area contributed by atoms with Crippen molar-refractivity contribution in [3.05, 3.63) is 29.8 Å². The van der Waals surface area contributed by atoms with Crippen LogP contribution in [0, 0.1) is 11.7 Å². The zero-order valence-corrected chi connectivity index (χ0v) is 11.1. The molecule has 6 nitrogen and oxygen atoms in total. The minimum atomic E-state index is -1.74. The van der Waals surface area contributed by atoms with Crippen LogP contribution in [0.3, 0.4) is 0 Å². The minimum Gasteiger partial charge on any atom is -0.465 e. The molecule has 108 valence electrons. The van der Waals surface area contributed by atoms with Crippen LogP contribution in [0.5, 0.6) is 0 Å². The average molecular weight is 283 g/mol. The number of hydrogen-bond acceptors (Lipinski definition) is 6. The van der Waals surface area contributed by atoms with Crippen molar-refractivity contribution >= 4 is 17.7 Å². The van der Waals surface area contributed by atoms with Gasteiger partial charge in [0.15, 0.2) is 0 Å². The molecule has 0 aromatic carbocycles. The number of halogens is 1. The lowest BCUT2D eigenvalue weighted by atomic mass is 10.0. The molecule has 0 saturated carbocycles. The zero-order chi connectivity index (χ0) is 15.1. The summed E-state index contributed by atoms with van der Waals surface area (Å²) in [6.45, 7) is 3.11. The summed E-state index contributed by atoms with van der Waals surface area (Å²) in [7, 11) is 0. The lowest BCUT2D eigenvalue weighted by Crippen LogP contribution is -2.35. The number of carbonyl (C=O) groups excluding carboxylic acids is 3. The van der Waals surface area contributed by atoms with Gasteiger partial charge in [-0.3, -0.25) is 19.4 Å². The molecular weight excluding hydrogens is 269 g/mol. The van der Waals surface area contributed by atoms with Crippen molar-refractivity contribution in [1.82, 2.24) is 4.98 Å². The van der Waals surface area contributed by atoms with Gasteiger partial charge in [-0.05, 0) is 26.0 Å². The maximum atomic E-state index is 12.8. The zero-order valence-electron chi connectivity index (χ0n) is 11.1. The maximum Gasteiger partial charge on any atom is 0.328 e. The molecule has 0 fully saturated rings. The van der Waals surface area contributed by atoms with Crippen LogP contribution in [0.2, 0.25) is 0 Å². The number of esters is 2. The molecule has 0 amide bonds. The van der Waals surface area contributed by atoms with E-state index in [4.69, 9.17) is 0 Å². The number of aromatic nitrogens is 1. The number of ether oxygens (including phenoxy) is 2. The van der Waals surface area contributed by atoms with E-state index in [9.17, 15) is 18.8 Å². The number of rotatable bonds is 6. The van der Waals surface area contributed by atoms with E-state index in [1.807, 2.05) is 0 Å². The van der Waals surface area contributed by atoms with Crippen molar-refractivity contribution in [2.75, 3.05) is 13.2 Å². The Morgan fingerprint density at radius 2 is 1.70 bits per heavy atom. The van der Waals surface area contributed by atoms with Crippen molar-refractivity contribution < 1.29 is 28.2 Å². The third-order valence-corrected chi connectivity index (χ3v) is 2.29. The summed E-state index contributed by atoms with van der Waals surface area (Å²) in [5.74, 6) is -5.29. The summed E-state index contributed by atoms with van der Waals surface area (Å²) in [5, 5.41) is 0. The quantitative estimate of drug-likeness (QED) is 0.442. The van der Waals surface area contributed by atoms with Gasteiger partial charge >= 0.3 is 11.9 Å². The third-order valence-electron chi connectivity index (χ3n) is 2.29. The molecule has 7 heteroatoms. The fourth-order valence-corrected chi connectivity index (χ4v) is 1.43. The van der Waals surface area contributed by atoms with Crippen molar-refractivity contribution in [2.45, 2.75) is 13.8 Å². The second kappa shape index (κ2) is 7.32. The van der Waals surface area contributed by atoms with E-state index >= 15 is 0 Å². The number of ketones is 1. The van der Waals surface area contributed by atoms with Crippen molar-refractivity contribution in [1.29, 1.82) is 0 Å². The molecule has 0 aliphatic heterocycles. The van der Waals surface area contributed by atoms with Gasteiger partial charge in [0.05, 0.1) is 19.4 Å². The van der Waals surface area contributed by atoms with Gasteiger partial charge < -0.3 is 9.47 Å². The fourth-order valence-electron chi connectivity index (χ4n) is 1.43. The van der Waals surface area contributed by atoms with Crippen LogP contribution in [0.15, 0.2) is 18.3 Å². The van der Waals surface area contributed by atoms with Crippen LogP contribution in [0.4, 0.5) is 4.39 Å². The summed E-state index contributed by atoms with van der Waals surface area (Å²) in [6, 6.07) is 2.09. The van der Waals surface area contributed by atoms with Gasteiger partial charge in [-0.1, -0.05) is 0 Å². The normalized spacial score (nSPS) is 10.2. The second-order valence-electron chi connectivity index (χ2n) is 3.66. The predicted octanol–water partition coefficient (Wildman–Crippen LogP) is 1.15. The minimum absolute atomic E-state index is 0.0128. The van der Waals surface area contributed by atoms with Gasteiger partial charge in [0, 0.05) is 0 Å². The maximum absolute atomic E-state index is 12.8. The molecule has 0 aliphatic carbocycles. The molecule has 1 aromatic heterocycles. The molecule has 0 saturated heterocycles. The van der Waals surface area contributed by atoms with Crippen molar-refractivity contribution in [2.24, 2.45) is 5.92 Å². The SMILES string of the molecule is CCOC(=O)C(C(=O)OCC)C(=O)c1ccc(F)cn1. The monoisotopic (exact) mass is 283 g/mol. The van der Waals surface area contributed by atoms with Gasteiger partial charge in [-0.25, -0.2) is 4.39 Å². The van der Waals surface area contributed by atoms with Crippen LogP contribution < -0.4 is 0 Å². The van der Waals surface area contributed by atoms with Crippen LogP contribution in [0.25, 0.3) is 0 Å². The Morgan fingerprint density at radius 1 is 1.15 bits per heavy atom. The Hall–Kier alpha value is -2.31. The smallest absolute Gasteiger partial charge is 0.328 e. The lowest BCUT2D eigenvalue weighted by molar-refractivity contribution is -0.158. The molecule has 0 N–H and O–H groups in total. The molecule has 0 atom stereocenters. The lowest BCUT2D eigenvalue weighted by Gasteiger charge is -2.12. The number of pyridine rings is 1. The molecule has 1 aromatic rings. The van der Waals surface area contributed by atoms with Gasteiger partial charge in [0.25, 0.3) is 0 Å². The Bertz CT molecular complexity index is 482. The summed E-state index contributed by atoms with van der Waals surface area (Å²) >= 11 is 0.